The standard InChI is InChI=1S/C13H24N2O2/c14-12(16)13(7-3-1-2-4-8-13)15-10-11-6-5-9-17-11/h11,15H,1-10H2,(H2,14,16). The first kappa shape index (κ1) is 12.8. The first-order valence-electron chi connectivity index (χ1n) is 6.89. The van der Waals surface area contributed by atoms with Gasteiger partial charge in [-0.05, 0) is 25.7 Å². The van der Waals surface area contributed by atoms with Crippen molar-refractivity contribution >= 4 is 5.91 Å². The molecular formula is C13H24N2O2. The fourth-order valence-electron chi connectivity index (χ4n) is 2.96. The van der Waals surface area contributed by atoms with Gasteiger partial charge in [-0.3, -0.25) is 4.79 Å². The number of ether oxygens (including phenoxy) is 1. The minimum Gasteiger partial charge on any atom is -0.377 e. The molecule has 1 saturated carbocycles. The lowest BCUT2D eigenvalue weighted by Gasteiger charge is -2.31. The summed E-state index contributed by atoms with van der Waals surface area (Å²) in [5.41, 5.74) is 5.14. The molecule has 1 unspecified atom stereocenters. The largest absolute Gasteiger partial charge is 0.377 e. The van der Waals surface area contributed by atoms with Crippen LogP contribution in [0, 0.1) is 0 Å². The molecule has 1 saturated heterocycles. The second-order valence-corrected chi connectivity index (χ2v) is 5.38. The van der Waals surface area contributed by atoms with Gasteiger partial charge in [0.1, 0.15) is 0 Å². The molecule has 2 fully saturated rings. The summed E-state index contributed by atoms with van der Waals surface area (Å²) >= 11 is 0. The molecule has 1 amide bonds. The van der Waals surface area contributed by atoms with E-state index in [-0.39, 0.29) is 12.0 Å². The predicted molar refractivity (Wildman–Crippen MR) is 66.6 cm³/mol. The molecule has 4 heteroatoms. The third kappa shape index (κ3) is 3.19. The van der Waals surface area contributed by atoms with Gasteiger partial charge in [0.05, 0.1) is 11.6 Å². The summed E-state index contributed by atoms with van der Waals surface area (Å²) in [6.45, 7) is 1.62. The number of nitrogens with two attached hydrogens (primary N) is 1. The number of carbonyl (C=O) groups is 1. The van der Waals surface area contributed by atoms with Crippen LogP contribution in [-0.4, -0.2) is 30.7 Å². The second kappa shape index (κ2) is 5.83. The normalized spacial score (nSPS) is 28.8. The van der Waals surface area contributed by atoms with Crippen molar-refractivity contribution in [3.05, 3.63) is 0 Å². The molecule has 1 aliphatic carbocycles. The molecule has 0 spiro atoms. The highest BCUT2D eigenvalue weighted by Crippen LogP contribution is 2.27. The van der Waals surface area contributed by atoms with Crippen LogP contribution >= 0.6 is 0 Å². The Morgan fingerprint density at radius 1 is 1.24 bits per heavy atom. The number of primary amides is 1. The zero-order chi connectivity index (χ0) is 12.1. The highest BCUT2D eigenvalue weighted by atomic mass is 16.5. The highest BCUT2D eigenvalue weighted by molar-refractivity contribution is 5.84. The molecule has 98 valence electrons. The fourth-order valence-corrected chi connectivity index (χ4v) is 2.96. The van der Waals surface area contributed by atoms with E-state index in [2.05, 4.69) is 5.32 Å². The summed E-state index contributed by atoms with van der Waals surface area (Å²) in [5, 5.41) is 3.42. The average molecular weight is 240 g/mol. The molecular weight excluding hydrogens is 216 g/mol. The number of hydrogen-bond acceptors (Lipinski definition) is 3. The van der Waals surface area contributed by atoms with E-state index in [0.717, 1.165) is 51.7 Å². The van der Waals surface area contributed by atoms with Gasteiger partial charge >= 0.3 is 0 Å². The van der Waals surface area contributed by atoms with Crippen LogP contribution in [0.4, 0.5) is 0 Å². The molecule has 0 aromatic rings. The van der Waals surface area contributed by atoms with Crippen molar-refractivity contribution in [2.24, 2.45) is 5.73 Å². The smallest absolute Gasteiger partial charge is 0.237 e. The fraction of sp³-hybridized carbons (Fsp3) is 0.923. The van der Waals surface area contributed by atoms with Crippen LogP contribution in [-0.2, 0) is 9.53 Å². The minimum atomic E-state index is -0.470. The quantitative estimate of drug-likeness (QED) is 0.729. The Hall–Kier alpha value is -0.610. The molecule has 1 heterocycles. The van der Waals surface area contributed by atoms with Crippen molar-refractivity contribution in [1.29, 1.82) is 0 Å². The first-order valence-corrected chi connectivity index (χ1v) is 6.89. The van der Waals surface area contributed by atoms with E-state index < -0.39 is 5.54 Å². The molecule has 1 aliphatic heterocycles. The maximum Gasteiger partial charge on any atom is 0.237 e. The van der Waals surface area contributed by atoms with Crippen LogP contribution in [0.25, 0.3) is 0 Å². The molecule has 4 nitrogen and oxygen atoms in total. The second-order valence-electron chi connectivity index (χ2n) is 5.38. The van der Waals surface area contributed by atoms with Gasteiger partial charge < -0.3 is 15.8 Å². The Balaban J connectivity index is 1.92. The first-order chi connectivity index (χ1) is 8.23. The van der Waals surface area contributed by atoms with Crippen LogP contribution in [0.15, 0.2) is 0 Å². The molecule has 0 bridgehead atoms. The van der Waals surface area contributed by atoms with Gasteiger partial charge in [-0.1, -0.05) is 25.7 Å². The third-order valence-corrected chi connectivity index (χ3v) is 4.12. The van der Waals surface area contributed by atoms with Gasteiger partial charge in [-0.25, -0.2) is 0 Å². The third-order valence-electron chi connectivity index (χ3n) is 4.12. The molecule has 0 radical (unpaired) electrons. The molecule has 0 aromatic heterocycles. The summed E-state index contributed by atoms with van der Waals surface area (Å²) < 4.78 is 5.59. The minimum absolute atomic E-state index is 0.183. The van der Waals surface area contributed by atoms with Gasteiger partial charge in [0.15, 0.2) is 0 Å². The zero-order valence-electron chi connectivity index (χ0n) is 10.5. The van der Waals surface area contributed by atoms with E-state index in [4.69, 9.17) is 10.5 Å². The van der Waals surface area contributed by atoms with Crippen molar-refractivity contribution in [3.63, 3.8) is 0 Å². The van der Waals surface area contributed by atoms with Gasteiger partial charge in [0.2, 0.25) is 5.91 Å². The zero-order valence-corrected chi connectivity index (χ0v) is 10.5. The SMILES string of the molecule is NC(=O)C1(NCC2CCCO2)CCCCCC1. The number of hydrogen-bond donors (Lipinski definition) is 2. The Morgan fingerprint density at radius 2 is 1.94 bits per heavy atom. The topological polar surface area (TPSA) is 64.4 Å². The van der Waals surface area contributed by atoms with Crippen LogP contribution < -0.4 is 11.1 Å². The monoisotopic (exact) mass is 240 g/mol. The molecule has 0 aromatic carbocycles. The van der Waals surface area contributed by atoms with Crippen molar-refractivity contribution in [1.82, 2.24) is 5.32 Å². The lowest BCUT2D eigenvalue weighted by molar-refractivity contribution is -0.125. The van der Waals surface area contributed by atoms with Gasteiger partial charge in [-0.2, -0.15) is 0 Å². The van der Waals surface area contributed by atoms with E-state index >= 15 is 0 Å². The van der Waals surface area contributed by atoms with E-state index in [1.54, 1.807) is 0 Å². The Labute approximate surface area is 103 Å². The van der Waals surface area contributed by atoms with E-state index in [1.807, 2.05) is 0 Å². The van der Waals surface area contributed by atoms with Crippen molar-refractivity contribution < 1.29 is 9.53 Å². The lowest BCUT2D eigenvalue weighted by Crippen LogP contribution is -2.56. The van der Waals surface area contributed by atoms with E-state index in [0.29, 0.717) is 0 Å². The molecule has 1 atom stereocenters. The van der Waals surface area contributed by atoms with Crippen LogP contribution in [0.1, 0.15) is 51.4 Å². The highest BCUT2D eigenvalue weighted by Gasteiger charge is 2.37. The van der Waals surface area contributed by atoms with Crippen molar-refractivity contribution in [2.45, 2.75) is 63.0 Å². The number of rotatable bonds is 4. The lowest BCUT2D eigenvalue weighted by atomic mass is 9.89. The maximum atomic E-state index is 11.8. The van der Waals surface area contributed by atoms with Gasteiger partial charge in [0.25, 0.3) is 0 Å². The Kier molecular flexibility index (Phi) is 4.40. The van der Waals surface area contributed by atoms with E-state index in [1.165, 1.54) is 12.8 Å². The number of nitrogens with one attached hydrogen (secondary N) is 1. The molecule has 2 rings (SSSR count). The maximum absolute atomic E-state index is 11.8. The number of amides is 1. The average Bonchev–Trinajstić information content (AvgIpc) is 2.71. The van der Waals surface area contributed by atoms with E-state index in [9.17, 15) is 4.79 Å². The molecule has 3 N–H and O–H groups in total. The van der Waals surface area contributed by atoms with Crippen LogP contribution in [0.3, 0.4) is 0 Å². The summed E-state index contributed by atoms with van der Waals surface area (Å²) in [7, 11) is 0. The van der Waals surface area contributed by atoms with Crippen molar-refractivity contribution in [2.75, 3.05) is 13.2 Å². The summed E-state index contributed by atoms with van der Waals surface area (Å²) in [6.07, 6.45) is 8.91. The number of carbonyl (C=O) groups excluding carboxylic acids is 1. The summed E-state index contributed by atoms with van der Waals surface area (Å²) in [5.74, 6) is -0.183. The van der Waals surface area contributed by atoms with Crippen LogP contribution in [0.2, 0.25) is 0 Å². The predicted octanol–water partition coefficient (Wildman–Crippen LogP) is 1.33. The Bertz CT molecular complexity index is 254. The van der Waals surface area contributed by atoms with Crippen molar-refractivity contribution in [3.8, 4) is 0 Å². The van der Waals surface area contributed by atoms with Gasteiger partial charge in [0, 0.05) is 13.2 Å². The Morgan fingerprint density at radius 3 is 2.47 bits per heavy atom. The van der Waals surface area contributed by atoms with Crippen LogP contribution in [0.5, 0.6) is 0 Å². The summed E-state index contributed by atoms with van der Waals surface area (Å²) in [6, 6.07) is 0. The summed E-state index contributed by atoms with van der Waals surface area (Å²) in [4.78, 5) is 11.8. The molecule has 17 heavy (non-hydrogen) atoms. The molecule has 2 aliphatic rings. The van der Waals surface area contributed by atoms with Gasteiger partial charge in [-0.15, -0.1) is 0 Å².